The Hall–Kier alpha value is -2.08. The summed E-state index contributed by atoms with van der Waals surface area (Å²) in [4.78, 5) is 10.7. The Kier molecular flexibility index (Phi) is 5.85. The van der Waals surface area contributed by atoms with E-state index >= 15 is 0 Å². The fraction of sp³-hybridized carbons (Fsp3) is 0.261. The lowest BCUT2D eigenvalue weighted by Crippen LogP contribution is -2.15. The molecule has 0 saturated carbocycles. The Morgan fingerprint density at radius 1 is 1.11 bits per heavy atom. The van der Waals surface area contributed by atoms with Crippen LogP contribution in [-0.2, 0) is 12.2 Å². The third-order valence-electron chi connectivity index (χ3n) is 4.85. The Morgan fingerprint density at radius 2 is 1.93 bits per heavy atom. The average molecular weight is 408 g/mol. The number of benzene rings is 2. The first-order valence-corrected chi connectivity index (χ1v) is 11.4. The molecule has 5 heteroatoms. The molecule has 0 bridgehead atoms. The molecule has 2 heterocycles. The number of rotatable bonds is 7. The number of aromatic nitrogens is 2. The molecular weight excluding hydrogens is 382 g/mol. The maximum Gasteiger partial charge on any atom is 0.150 e. The standard InChI is InChI=1S/C23H25N3S2/c1-16-9-10-20-18(13-16)19(21(24-20)11-12-26(2)3)14-27-23-25-22(15-28-23)17-7-5-4-6-8-17/h4-10,13,15,24H,11-12,14H2,1-3H3. The van der Waals surface area contributed by atoms with Gasteiger partial charge in [-0.05, 0) is 38.7 Å². The van der Waals surface area contributed by atoms with E-state index in [9.17, 15) is 0 Å². The Bertz CT molecular complexity index is 1060. The van der Waals surface area contributed by atoms with E-state index in [0.717, 1.165) is 28.8 Å². The van der Waals surface area contributed by atoms with Crippen LogP contribution >= 0.6 is 23.1 Å². The van der Waals surface area contributed by atoms with Crippen molar-refractivity contribution in [1.29, 1.82) is 0 Å². The van der Waals surface area contributed by atoms with Crippen molar-refractivity contribution in [2.24, 2.45) is 0 Å². The predicted octanol–water partition coefficient (Wildman–Crippen LogP) is 6.00. The fourth-order valence-electron chi connectivity index (χ4n) is 3.33. The van der Waals surface area contributed by atoms with Gasteiger partial charge >= 0.3 is 0 Å². The second-order valence-corrected chi connectivity index (χ2v) is 9.42. The average Bonchev–Trinajstić information content (AvgIpc) is 3.30. The topological polar surface area (TPSA) is 31.9 Å². The van der Waals surface area contributed by atoms with Gasteiger partial charge in [0.25, 0.3) is 0 Å². The van der Waals surface area contributed by atoms with Crippen LogP contribution in [0.2, 0.25) is 0 Å². The molecule has 3 nitrogen and oxygen atoms in total. The monoisotopic (exact) mass is 407 g/mol. The molecule has 0 saturated heterocycles. The lowest BCUT2D eigenvalue weighted by atomic mass is 10.1. The van der Waals surface area contributed by atoms with Crippen molar-refractivity contribution >= 4 is 34.0 Å². The summed E-state index contributed by atoms with van der Waals surface area (Å²) in [7, 11) is 4.25. The van der Waals surface area contributed by atoms with E-state index in [2.05, 4.69) is 78.7 Å². The number of aromatic amines is 1. The van der Waals surface area contributed by atoms with Gasteiger partial charge in [0.2, 0.25) is 0 Å². The highest BCUT2D eigenvalue weighted by Gasteiger charge is 2.14. The number of fused-ring (bicyclic) bond motifs is 1. The number of likely N-dealkylation sites (N-methyl/N-ethyl adjacent to an activating group) is 1. The number of aryl methyl sites for hydroxylation is 1. The lowest BCUT2D eigenvalue weighted by molar-refractivity contribution is 0.412. The second kappa shape index (κ2) is 8.52. The molecule has 28 heavy (non-hydrogen) atoms. The van der Waals surface area contributed by atoms with Gasteiger partial charge in [-0.25, -0.2) is 4.98 Å². The van der Waals surface area contributed by atoms with Crippen molar-refractivity contribution in [2.75, 3.05) is 20.6 Å². The van der Waals surface area contributed by atoms with Gasteiger partial charge in [0.1, 0.15) is 0 Å². The first-order valence-electron chi connectivity index (χ1n) is 9.48. The van der Waals surface area contributed by atoms with Crippen molar-refractivity contribution in [3.05, 3.63) is 70.7 Å². The van der Waals surface area contributed by atoms with Crippen LogP contribution in [-0.4, -0.2) is 35.5 Å². The zero-order valence-electron chi connectivity index (χ0n) is 16.5. The summed E-state index contributed by atoms with van der Waals surface area (Å²) < 4.78 is 1.12. The van der Waals surface area contributed by atoms with Gasteiger partial charge in [-0.15, -0.1) is 11.3 Å². The van der Waals surface area contributed by atoms with E-state index in [0.29, 0.717) is 0 Å². The number of hydrogen-bond acceptors (Lipinski definition) is 4. The van der Waals surface area contributed by atoms with Gasteiger partial charge in [-0.3, -0.25) is 0 Å². The van der Waals surface area contributed by atoms with E-state index < -0.39 is 0 Å². The summed E-state index contributed by atoms with van der Waals surface area (Å²) in [5.74, 6) is 0.938. The van der Waals surface area contributed by atoms with Crippen molar-refractivity contribution in [2.45, 2.75) is 23.4 Å². The molecule has 0 atom stereocenters. The van der Waals surface area contributed by atoms with Crippen LogP contribution in [0.15, 0.2) is 58.3 Å². The Morgan fingerprint density at radius 3 is 2.71 bits per heavy atom. The van der Waals surface area contributed by atoms with Gasteiger partial charge in [0.15, 0.2) is 4.34 Å². The maximum atomic E-state index is 4.84. The molecule has 0 aliphatic carbocycles. The minimum Gasteiger partial charge on any atom is -0.358 e. The summed E-state index contributed by atoms with van der Waals surface area (Å²) >= 11 is 3.57. The summed E-state index contributed by atoms with van der Waals surface area (Å²) in [5, 5.41) is 3.50. The molecule has 0 aliphatic heterocycles. The van der Waals surface area contributed by atoms with E-state index in [1.165, 1.54) is 33.3 Å². The fourth-order valence-corrected chi connectivity index (χ4v) is 5.24. The molecule has 2 aromatic heterocycles. The molecule has 4 aromatic rings. The van der Waals surface area contributed by atoms with Crippen molar-refractivity contribution in [1.82, 2.24) is 14.9 Å². The number of thioether (sulfide) groups is 1. The van der Waals surface area contributed by atoms with Crippen LogP contribution in [0.4, 0.5) is 0 Å². The molecule has 0 amide bonds. The molecule has 0 unspecified atom stereocenters. The van der Waals surface area contributed by atoms with Crippen LogP contribution in [0, 0.1) is 6.92 Å². The number of hydrogen-bond donors (Lipinski definition) is 1. The zero-order chi connectivity index (χ0) is 19.5. The summed E-state index contributed by atoms with van der Waals surface area (Å²) in [6.45, 7) is 3.20. The molecule has 4 rings (SSSR count). The van der Waals surface area contributed by atoms with Gasteiger partial charge in [-0.2, -0.15) is 0 Å². The molecular formula is C23H25N3S2. The van der Waals surface area contributed by atoms with Crippen molar-refractivity contribution in [3.8, 4) is 11.3 Å². The Balaban J connectivity index is 1.57. The zero-order valence-corrected chi connectivity index (χ0v) is 18.2. The largest absolute Gasteiger partial charge is 0.358 e. The summed E-state index contributed by atoms with van der Waals surface area (Å²) in [6.07, 6.45) is 1.03. The summed E-state index contributed by atoms with van der Waals surface area (Å²) in [5.41, 5.74) is 7.55. The SMILES string of the molecule is Cc1ccc2[nH]c(CCN(C)C)c(CSc3nc(-c4ccccc4)cs3)c2c1. The normalized spacial score (nSPS) is 11.6. The van der Waals surface area contributed by atoms with Crippen LogP contribution in [0.1, 0.15) is 16.8 Å². The quantitative estimate of drug-likeness (QED) is 0.382. The highest BCUT2D eigenvalue weighted by Crippen LogP contribution is 2.34. The Labute approximate surface area is 174 Å². The molecule has 0 spiro atoms. The molecule has 0 radical (unpaired) electrons. The van der Waals surface area contributed by atoms with E-state index in [4.69, 9.17) is 4.98 Å². The van der Waals surface area contributed by atoms with E-state index in [1.807, 2.05) is 17.8 Å². The molecule has 2 aromatic carbocycles. The first-order chi connectivity index (χ1) is 13.6. The van der Waals surface area contributed by atoms with Gasteiger partial charge in [0, 0.05) is 46.3 Å². The lowest BCUT2D eigenvalue weighted by Gasteiger charge is -2.09. The number of H-pyrrole nitrogens is 1. The minimum absolute atomic E-state index is 0.938. The minimum atomic E-state index is 0.938. The van der Waals surface area contributed by atoms with Crippen LogP contribution in [0.25, 0.3) is 22.2 Å². The van der Waals surface area contributed by atoms with Crippen molar-refractivity contribution < 1.29 is 0 Å². The number of nitrogens with one attached hydrogen (secondary N) is 1. The van der Waals surface area contributed by atoms with Gasteiger partial charge in [0.05, 0.1) is 5.69 Å². The van der Waals surface area contributed by atoms with Crippen LogP contribution in [0.3, 0.4) is 0 Å². The first kappa shape index (κ1) is 19.2. The van der Waals surface area contributed by atoms with Crippen LogP contribution in [0.5, 0.6) is 0 Å². The maximum absolute atomic E-state index is 4.84. The number of nitrogens with zero attached hydrogens (tertiary/aromatic N) is 2. The van der Waals surface area contributed by atoms with Gasteiger partial charge < -0.3 is 9.88 Å². The molecule has 0 aliphatic rings. The highest BCUT2D eigenvalue weighted by molar-refractivity contribution is 8.00. The predicted molar refractivity (Wildman–Crippen MR) is 122 cm³/mol. The summed E-state index contributed by atoms with van der Waals surface area (Å²) in [6, 6.07) is 17.1. The van der Waals surface area contributed by atoms with E-state index in [1.54, 1.807) is 11.3 Å². The third-order valence-corrected chi connectivity index (χ3v) is 6.90. The molecule has 1 N–H and O–H groups in total. The van der Waals surface area contributed by atoms with Gasteiger partial charge in [-0.1, -0.05) is 53.7 Å². The van der Waals surface area contributed by atoms with Crippen molar-refractivity contribution in [3.63, 3.8) is 0 Å². The van der Waals surface area contributed by atoms with E-state index in [-0.39, 0.29) is 0 Å². The smallest absolute Gasteiger partial charge is 0.150 e. The molecule has 144 valence electrons. The highest BCUT2D eigenvalue weighted by atomic mass is 32.2. The molecule has 0 fully saturated rings. The number of thiazole rings is 1. The third kappa shape index (κ3) is 4.32. The second-order valence-electron chi connectivity index (χ2n) is 7.34. The van der Waals surface area contributed by atoms with Crippen LogP contribution < -0.4 is 0 Å².